The van der Waals surface area contributed by atoms with E-state index in [0.717, 1.165) is 12.0 Å². The van der Waals surface area contributed by atoms with Gasteiger partial charge < -0.3 is 5.32 Å². The summed E-state index contributed by atoms with van der Waals surface area (Å²) < 4.78 is 27.3. The number of rotatable bonds is 6. The molecule has 0 bridgehead atoms. The lowest BCUT2D eigenvalue weighted by molar-refractivity contribution is -0.126. The van der Waals surface area contributed by atoms with Crippen LogP contribution in [0.5, 0.6) is 0 Å². The van der Waals surface area contributed by atoms with Crippen molar-refractivity contribution in [3.8, 4) is 0 Å². The fraction of sp³-hybridized carbons (Fsp3) is 0.350. The molecule has 1 atom stereocenters. The van der Waals surface area contributed by atoms with Crippen molar-refractivity contribution < 1.29 is 13.2 Å². The fourth-order valence-electron chi connectivity index (χ4n) is 3.31. The van der Waals surface area contributed by atoms with Gasteiger partial charge in [0.05, 0.1) is 10.9 Å². The maximum Gasteiger partial charge on any atom is 0.244 e. The van der Waals surface area contributed by atoms with Crippen LogP contribution in [0.15, 0.2) is 53.4 Å². The van der Waals surface area contributed by atoms with Gasteiger partial charge in [0, 0.05) is 24.7 Å². The number of hydrogen-bond donors (Lipinski definition) is 1. The van der Waals surface area contributed by atoms with Crippen molar-refractivity contribution in [1.29, 1.82) is 0 Å². The van der Waals surface area contributed by atoms with Crippen molar-refractivity contribution >= 4 is 39.1 Å². The smallest absolute Gasteiger partial charge is 0.244 e. The molecule has 1 aliphatic rings. The number of sulfonamides is 1. The first-order valence-corrected chi connectivity index (χ1v) is 11.3. The minimum atomic E-state index is -3.81. The van der Waals surface area contributed by atoms with E-state index in [2.05, 4.69) is 5.32 Å². The van der Waals surface area contributed by atoms with Gasteiger partial charge in [-0.25, -0.2) is 8.42 Å². The van der Waals surface area contributed by atoms with Gasteiger partial charge in [-0.15, -0.1) is 0 Å². The Hall–Kier alpha value is -1.60. The number of nitrogens with one attached hydrogen (secondary N) is 1. The van der Waals surface area contributed by atoms with Crippen LogP contribution < -0.4 is 5.32 Å². The molecule has 0 unspecified atom stereocenters. The third kappa shape index (κ3) is 5.06. The molecule has 0 spiro atoms. The maximum absolute atomic E-state index is 13.0. The molecule has 1 N–H and O–H groups in total. The third-order valence-electron chi connectivity index (χ3n) is 4.82. The molecule has 0 aliphatic carbocycles. The number of nitrogens with zero attached hydrogens (tertiary/aromatic N) is 1. The summed E-state index contributed by atoms with van der Waals surface area (Å²) in [7, 11) is -3.81. The minimum absolute atomic E-state index is 0.0215. The second-order valence-electron chi connectivity index (χ2n) is 6.80. The highest BCUT2D eigenvalue weighted by Crippen LogP contribution is 2.30. The van der Waals surface area contributed by atoms with Gasteiger partial charge in [-0.2, -0.15) is 4.31 Å². The number of halogens is 2. The first kappa shape index (κ1) is 21.1. The van der Waals surface area contributed by atoms with Gasteiger partial charge >= 0.3 is 0 Å². The standard InChI is InChI=1S/C20H22Cl2N2O3S/c21-17-8-9-18(22)19(13-17)28(26,27)24-12-4-7-16(14-24)20(25)23-11-10-15-5-2-1-3-6-15/h1-3,5-6,8-9,13,16H,4,7,10-12,14H2,(H,23,25)/t16-/m0/s1. The van der Waals surface area contributed by atoms with Crippen molar-refractivity contribution in [3.05, 3.63) is 64.1 Å². The molecule has 8 heteroatoms. The highest BCUT2D eigenvalue weighted by Gasteiger charge is 2.34. The van der Waals surface area contributed by atoms with E-state index in [1.807, 2.05) is 30.3 Å². The summed E-state index contributed by atoms with van der Waals surface area (Å²) >= 11 is 12.0. The molecule has 0 radical (unpaired) electrons. The van der Waals surface area contributed by atoms with E-state index in [9.17, 15) is 13.2 Å². The zero-order valence-electron chi connectivity index (χ0n) is 15.3. The topological polar surface area (TPSA) is 66.5 Å². The van der Waals surface area contributed by atoms with Crippen LogP contribution in [0.1, 0.15) is 18.4 Å². The molecule has 28 heavy (non-hydrogen) atoms. The molecule has 1 saturated heterocycles. The minimum Gasteiger partial charge on any atom is -0.355 e. The predicted molar refractivity (Wildman–Crippen MR) is 111 cm³/mol. The van der Waals surface area contributed by atoms with Crippen LogP contribution in [0.25, 0.3) is 0 Å². The summed E-state index contributed by atoms with van der Waals surface area (Å²) in [6, 6.07) is 14.3. The van der Waals surface area contributed by atoms with E-state index in [-0.39, 0.29) is 28.3 Å². The van der Waals surface area contributed by atoms with Gasteiger partial charge in [0.2, 0.25) is 15.9 Å². The van der Waals surface area contributed by atoms with Gasteiger partial charge in [0.25, 0.3) is 0 Å². The van der Waals surface area contributed by atoms with Gasteiger partial charge in [0.1, 0.15) is 4.90 Å². The number of hydrogen-bond acceptors (Lipinski definition) is 3. The highest BCUT2D eigenvalue weighted by molar-refractivity contribution is 7.89. The van der Waals surface area contributed by atoms with Crippen LogP contribution in [0.2, 0.25) is 10.0 Å². The summed E-state index contributed by atoms with van der Waals surface area (Å²) in [6.07, 6.45) is 2.01. The Balaban J connectivity index is 1.63. The lowest BCUT2D eigenvalue weighted by Gasteiger charge is -2.31. The van der Waals surface area contributed by atoms with Crippen LogP contribution in [0.3, 0.4) is 0 Å². The molecule has 1 fully saturated rings. The van der Waals surface area contributed by atoms with Gasteiger partial charge in [-0.05, 0) is 43.0 Å². The van der Waals surface area contributed by atoms with Gasteiger partial charge in [0.15, 0.2) is 0 Å². The van der Waals surface area contributed by atoms with Crippen molar-refractivity contribution in [1.82, 2.24) is 9.62 Å². The number of benzene rings is 2. The van der Waals surface area contributed by atoms with E-state index in [1.165, 1.54) is 16.4 Å². The average molecular weight is 441 g/mol. The molecule has 2 aromatic carbocycles. The second kappa shape index (κ2) is 9.27. The van der Waals surface area contributed by atoms with E-state index in [0.29, 0.717) is 31.0 Å². The molecule has 1 aliphatic heterocycles. The van der Waals surface area contributed by atoms with E-state index in [1.54, 1.807) is 6.07 Å². The molecule has 0 saturated carbocycles. The first-order valence-electron chi connectivity index (χ1n) is 9.15. The quantitative estimate of drug-likeness (QED) is 0.743. The molecule has 5 nitrogen and oxygen atoms in total. The molecule has 0 aromatic heterocycles. The maximum atomic E-state index is 13.0. The van der Waals surface area contributed by atoms with Crippen LogP contribution >= 0.6 is 23.2 Å². The third-order valence-corrected chi connectivity index (χ3v) is 7.40. The summed E-state index contributed by atoms with van der Waals surface area (Å²) in [5.74, 6) is -0.495. The van der Waals surface area contributed by atoms with Crippen molar-refractivity contribution in [3.63, 3.8) is 0 Å². The second-order valence-corrected chi connectivity index (χ2v) is 9.55. The normalized spacial score (nSPS) is 18.0. The fourth-order valence-corrected chi connectivity index (χ4v) is 5.57. The zero-order chi connectivity index (χ0) is 20.1. The molecule has 1 heterocycles. The highest BCUT2D eigenvalue weighted by atomic mass is 35.5. The number of piperidine rings is 1. The summed E-state index contributed by atoms with van der Waals surface area (Å²) in [6.45, 7) is 1.02. The molecular formula is C20H22Cl2N2O3S. The first-order chi connectivity index (χ1) is 13.4. The van der Waals surface area contributed by atoms with Crippen LogP contribution in [0.4, 0.5) is 0 Å². The lowest BCUT2D eigenvalue weighted by atomic mass is 9.99. The SMILES string of the molecule is O=C(NCCc1ccccc1)[C@H]1CCCN(S(=O)(=O)c2cc(Cl)ccc2Cl)C1. The zero-order valence-corrected chi connectivity index (χ0v) is 17.6. The number of carbonyl (C=O) groups excluding carboxylic acids is 1. The largest absolute Gasteiger partial charge is 0.355 e. The molecule has 3 rings (SSSR count). The number of amides is 1. The Bertz CT molecular complexity index is 936. The Kier molecular flexibility index (Phi) is 6.99. The summed E-state index contributed by atoms with van der Waals surface area (Å²) in [5.41, 5.74) is 1.14. The molecular weight excluding hydrogens is 419 g/mol. The van der Waals surface area contributed by atoms with E-state index >= 15 is 0 Å². The predicted octanol–water partition coefficient (Wildman–Crippen LogP) is 3.75. The van der Waals surface area contributed by atoms with E-state index in [4.69, 9.17) is 23.2 Å². The Morgan fingerprint density at radius 3 is 2.64 bits per heavy atom. The van der Waals surface area contributed by atoms with Crippen molar-refractivity contribution in [2.24, 2.45) is 5.92 Å². The van der Waals surface area contributed by atoms with Crippen LogP contribution in [-0.4, -0.2) is 38.3 Å². The van der Waals surface area contributed by atoms with Crippen LogP contribution in [0, 0.1) is 5.92 Å². The Labute approximate surface area is 175 Å². The van der Waals surface area contributed by atoms with Crippen LogP contribution in [-0.2, 0) is 21.2 Å². The Morgan fingerprint density at radius 1 is 1.14 bits per heavy atom. The molecule has 1 amide bonds. The average Bonchev–Trinajstić information content (AvgIpc) is 2.70. The molecule has 2 aromatic rings. The monoisotopic (exact) mass is 440 g/mol. The molecule has 150 valence electrons. The summed E-state index contributed by atoms with van der Waals surface area (Å²) in [4.78, 5) is 12.5. The number of carbonyl (C=O) groups is 1. The lowest BCUT2D eigenvalue weighted by Crippen LogP contribution is -2.45. The van der Waals surface area contributed by atoms with Gasteiger partial charge in [-0.3, -0.25) is 4.79 Å². The van der Waals surface area contributed by atoms with Crippen molar-refractivity contribution in [2.75, 3.05) is 19.6 Å². The Morgan fingerprint density at radius 2 is 1.89 bits per heavy atom. The van der Waals surface area contributed by atoms with Gasteiger partial charge in [-0.1, -0.05) is 53.5 Å². The summed E-state index contributed by atoms with van der Waals surface area (Å²) in [5, 5.41) is 3.35. The van der Waals surface area contributed by atoms with Crippen molar-refractivity contribution in [2.45, 2.75) is 24.2 Å². The van der Waals surface area contributed by atoms with E-state index < -0.39 is 10.0 Å².